The van der Waals surface area contributed by atoms with Crippen molar-refractivity contribution in [3.05, 3.63) is 81.5 Å². The third-order valence-electron chi connectivity index (χ3n) is 4.51. The van der Waals surface area contributed by atoms with E-state index < -0.39 is 0 Å². The fraction of sp³-hybridized carbons (Fsp3) is 0.167. The minimum atomic E-state index is -0.0129. The lowest BCUT2D eigenvalue weighted by Gasteiger charge is -2.15. The molecule has 1 amide bonds. The van der Waals surface area contributed by atoms with Crippen LogP contribution in [0, 0.1) is 0 Å². The van der Waals surface area contributed by atoms with Gasteiger partial charge in [0.1, 0.15) is 0 Å². The molecule has 1 aromatic heterocycles. The first-order valence-corrected chi connectivity index (χ1v) is 12.8. The zero-order valence-corrected chi connectivity index (χ0v) is 20.6. The molecular weight excluding hydrogens is 480 g/mol. The van der Waals surface area contributed by atoms with Gasteiger partial charge in [-0.25, -0.2) is 4.99 Å². The predicted octanol–water partition coefficient (Wildman–Crippen LogP) is 7.19. The summed E-state index contributed by atoms with van der Waals surface area (Å²) in [6.45, 7) is 1.17. The van der Waals surface area contributed by atoms with Crippen LogP contribution < -0.4 is 0 Å². The Morgan fingerprint density at radius 1 is 1.09 bits per heavy atom. The molecule has 1 saturated heterocycles. The highest BCUT2D eigenvalue weighted by atomic mass is 35.5. The number of rotatable bonds is 8. The Morgan fingerprint density at radius 3 is 2.62 bits per heavy atom. The Hall–Kier alpha value is -2.03. The van der Waals surface area contributed by atoms with Crippen molar-refractivity contribution in [1.29, 1.82) is 0 Å². The predicted molar refractivity (Wildman–Crippen MR) is 137 cm³/mol. The van der Waals surface area contributed by atoms with Gasteiger partial charge in [0.2, 0.25) is 0 Å². The zero-order chi connectivity index (χ0) is 22.3. The van der Waals surface area contributed by atoms with E-state index in [0.29, 0.717) is 23.2 Å². The smallest absolute Gasteiger partial charge is 0.266 e. The first-order valence-electron chi connectivity index (χ1n) is 10.00. The molecule has 0 unspecified atom stereocenters. The highest BCUT2D eigenvalue weighted by Gasteiger charge is 2.33. The van der Waals surface area contributed by atoms with Gasteiger partial charge < -0.3 is 4.74 Å². The van der Waals surface area contributed by atoms with E-state index in [0.717, 1.165) is 31.1 Å². The van der Waals surface area contributed by atoms with Gasteiger partial charge in [-0.1, -0.05) is 41.6 Å². The normalized spacial score (nSPS) is 16.4. The van der Waals surface area contributed by atoms with Crippen LogP contribution in [0.3, 0.4) is 0 Å². The quantitative estimate of drug-likeness (QED) is 0.242. The molecule has 0 atom stereocenters. The second-order valence-electron chi connectivity index (χ2n) is 6.86. The molecule has 0 radical (unpaired) electrons. The monoisotopic (exact) mass is 500 g/mol. The first-order chi connectivity index (χ1) is 15.6. The van der Waals surface area contributed by atoms with E-state index in [1.807, 2.05) is 66.7 Å². The standard InChI is InChI=1S/C24H21ClN2O2S3/c1-29-15-5-14-27-23(28)21(32-24(27)26-18-6-3-2-4-7-18)16-20-12-13-22(31-20)30-19-10-8-17(25)9-11-19/h2-4,6-13,16H,5,14-15H2,1H3/b21-16-,26-24?. The van der Waals surface area contributed by atoms with Gasteiger partial charge in [0, 0.05) is 35.1 Å². The maximum absolute atomic E-state index is 13.1. The molecule has 32 heavy (non-hydrogen) atoms. The van der Waals surface area contributed by atoms with Crippen LogP contribution in [0.1, 0.15) is 11.3 Å². The van der Waals surface area contributed by atoms with Gasteiger partial charge in [0.05, 0.1) is 14.8 Å². The SMILES string of the molecule is COCCCN1C(=O)/C(=C/c2ccc(Sc3ccc(Cl)cc3)s2)SC1=Nc1ccccc1. The average Bonchev–Trinajstić information content (AvgIpc) is 3.35. The lowest BCUT2D eigenvalue weighted by atomic mass is 10.3. The summed E-state index contributed by atoms with van der Waals surface area (Å²) in [5.41, 5.74) is 0.832. The molecule has 164 valence electrons. The third-order valence-corrected chi connectivity index (χ3v) is 7.94. The summed E-state index contributed by atoms with van der Waals surface area (Å²) in [4.78, 5) is 22.5. The van der Waals surface area contributed by atoms with Crippen LogP contribution in [0.2, 0.25) is 5.02 Å². The van der Waals surface area contributed by atoms with E-state index in [2.05, 4.69) is 6.07 Å². The van der Waals surface area contributed by atoms with Crippen LogP contribution in [-0.4, -0.2) is 36.2 Å². The van der Waals surface area contributed by atoms with Crippen molar-refractivity contribution in [2.75, 3.05) is 20.3 Å². The molecule has 1 fully saturated rings. The minimum Gasteiger partial charge on any atom is -0.385 e. The summed E-state index contributed by atoms with van der Waals surface area (Å²) in [6, 6.07) is 21.6. The average molecular weight is 501 g/mol. The lowest BCUT2D eigenvalue weighted by Crippen LogP contribution is -2.30. The van der Waals surface area contributed by atoms with Gasteiger partial charge >= 0.3 is 0 Å². The summed E-state index contributed by atoms with van der Waals surface area (Å²) < 4.78 is 6.32. The van der Waals surface area contributed by atoms with Gasteiger partial charge in [-0.3, -0.25) is 9.69 Å². The molecule has 0 saturated carbocycles. The molecule has 1 aliphatic rings. The molecule has 1 aliphatic heterocycles. The lowest BCUT2D eigenvalue weighted by molar-refractivity contribution is -0.122. The highest BCUT2D eigenvalue weighted by molar-refractivity contribution is 8.18. The number of hydrogen-bond acceptors (Lipinski definition) is 6. The maximum Gasteiger partial charge on any atom is 0.266 e. The van der Waals surface area contributed by atoms with Crippen LogP contribution in [0.4, 0.5) is 5.69 Å². The highest BCUT2D eigenvalue weighted by Crippen LogP contribution is 2.38. The van der Waals surface area contributed by atoms with Crippen molar-refractivity contribution in [3.8, 4) is 0 Å². The molecule has 8 heteroatoms. The molecule has 0 spiro atoms. The fourth-order valence-corrected chi connectivity index (χ4v) is 6.27. The van der Waals surface area contributed by atoms with Crippen LogP contribution in [-0.2, 0) is 9.53 Å². The van der Waals surface area contributed by atoms with E-state index in [-0.39, 0.29) is 5.91 Å². The van der Waals surface area contributed by atoms with Gasteiger partial charge in [-0.05, 0) is 72.8 Å². The van der Waals surface area contributed by atoms with Crippen molar-refractivity contribution < 1.29 is 9.53 Å². The summed E-state index contributed by atoms with van der Waals surface area (Å²) >= 11 is 10.7. The van der Waals surface area contributed by atoms with Crippen LogP contribution >= 0.6 is 46.5 Å². The molecule has 3 aromatic rings. The van der Waals surface area contributed by atoms with Crippen LogP contribution in [0.15, 0.2) is 85.7 Å². The number of halogens is 1. The molecule has 2 aromatic carbocycles. The van der Waals surface area contributed by atoms with E-state index in [9.17, 15) is 4.79 Å². The largest absolute Gasteiger partial charge is 0.385 e. The first kappa shape index (κ1) is 23.1. The number of carbonyl (C=O) groups is 1. The number of methoxy groups -OCH3 is 1. The fourth-order valence-electron chi connectivity index (χ4n) is 2.98. The molecule has 0 bridgehead atoms. The second kappa shape index (κ2) is 11.2. The number of hydrogen-bond donors (Lipinski definition) is 0. The number of benzene rings is 2. The molecule has 4 nitrogen and oxygen atoms in total. The number of thiophene rings is 1. The van der Waals surface area contributed by atoms with Crippen molar-refractivity contribution >= 4 is 69.3 Å². The number of amides is 1. The minimum absolute atomic E-state index is 0.0129. The number of aliphatic imine (C=N–C) groups is 1. The number of carbonyl (C=O) groups excluding carboxylic acids is 1. The third kappa shape index (κ3) is 6.05. The van der Waals surface area contributed by atoms with Crippen molar-refractivity contribution in [1.82, 2.24) is 4.90 Å². The Balaban J connectivity index is 1.53. The number of thioether (sulfide) groups is 1. The Kier molecular flexibility index (Phi) is 8.10. The molecular formula is C24H21ClN2O2S3. The second-order valence-corrected chi connectivity index (χ2v) is 10.8. The topological polar surface area (TPSA) is 41.9 Å². The Labute approximate surface area is 205 Å². The Morgan fingerprint density at radius 2 is 1.88 bits per heavy atom. The van der Waals surface area contributed by atoms with Gasteiger partial charge in [0.15, 0.2) is 5.17 Å². The number of para-hydroxylation sites is 1. The van der Waals surface area contributed by atoms with E-state index in [1.54, 1.807) is 35.1 Å². The van der Waals surface area contributed by atoms with Crippen LogP contribution in [0.25, 0.3) is 6.08 Å². The summed E-state index contributed by atoms with van der Waals surface area (Å²) in [7, 11) is 1.67. The van der Waals surface area contributed by atoms with Gasteiger partial charge in [-0.2, -0.15) is 0 Å². The number of amidine groups is 1. The van der Waals surface area contributed by atoms with Gasteiger partial charge in [0.25, 0.3) is 5.91 Å². The number of nitrogens with zero attached hydrogens (tertiary/aromatic N) is 2. The van der Waals surface area contributed by atoms with E-state index in [1.165, 1.54) is 11.8 Å². The summed E-state index contributed by atoms with van der Waals surface area (Å²) in [5, 5.41) is 1.43. The zero-order valence-electron chi connectivity index (χ0n) is 17.4. The van der Waals surface area contributed by atoms with Gasteiger partial charge in [-0.15, -0.1) is 11.3 Å². The van der Waals surface area contributed by atoms with Crippen molar-refractivity contribution in [2.24, 2.45) is 4.99 Å². The summed E-state index contributed by atoms with van der Waals surface area (Å²) in [5.74, 6) is -0.0129. The molecule has 4 rings (SSSR count). The van der Waals surface area contributed by atoms with E-state index >= 15 is 0 Å². The molecule has 0 aliphatic carbocycles. The molecule has 2 heterocycles. The van der Waals surface area contributed by atoms with Crippen LogP contribution in [0.5, 0.6) is 0 Å². The van der Waals surface area contributed by atoms with Crippen molar-refractivity contribution in [3.63, 3.8) is 0 Å². The van der Waals surface area contributed by atoms with Crippen molar-refractivity contribution in [2.45, 2.75) is 15.5 Å². The maximum atomic E-state index is 13.1. The number of ether oxygens (including phenoxy) is 1. The molecule has 0 N–H and O–H groups in total. The van der Waals surface area contributed by atoms with E-state index in [4.69, 9.17) is 21.3 Å². The Bertz CT molecular complexity index is 1130. The summed E-state index contributed by atoms with van der Waals surface area (Å²) in [6.07, 6.45) is 2.71.